The van der Waals surface area contributed by atoms with Crippen LogP contribution in [0, 0.1) is 5.82 Å². The lowest BCUT2D eigenvalue weighted by Gasteiger charge is -2.23. The number of aromatic nitrogens is 2. The lowest BCUT2D eigenvalue weighted by Crippen LogP contribution is -2.29. The molecule has 1 aliphatic rings. The van der Waals surface area contributed by atoms with E-state index in [9.17, 15) is 19.1 Å². The number of rotatable bonds is 11. The third-order valence-electron chi connectivity index (χ3n) is 6.44. The Morgan fingerprint density at radius 3 is 2.52 bits per heavy atom. The van der Waals surface area contributed by atoms with Crippen LogP contribution in [-0.2, 0) is 15.3 Å². The Morgan fingerprint density at radius 2 is 1.79 bits per heavy atom. The highest BCUT2D eigenvalue weighted by Gasteiger charge is 2.48. The maximum atomic E-state index is 14.1. The van der Waals surface area contributed by atoms with Crippen LogP contribution in [0.15, 0.2) is 82.7 Å². The van der Waals surface area contributed by atoms with Crippen LogP contribution in [0.3, 0.4) is 0 Å². The molecule has 1 atom stereocenters. The summed E-state index contributed by atoms with van der Waals surface area (Å²) in [6.07, 6.45) is 0.848. The molecule has 42 heavy (non-hydrogen) atoms. The first-order valence-corrected chi connectivity index (χ1v) is 15.2. The Hall–Kier alpha value is -4.22. The maximum Gasteiger partial charge on any atom is 0.301 e. The standard InChI is InChI=1S/C31H28FN3O5S2/c1-3-16-40-22-14-12-19(13-15-22)27(36)25-26(20-9-7-10-23(17-20)39-4-2)35(29(38)28(25)37)30-33-34-31(42-30)41-18-21-8-5-6-11-24(21)32/h5-15,17,26,36H,3-4,16,18H2,1-2H3. The van der Waals surface area contributed by atoms with Gasteiger partial charge in [0, 0.05) is 11.3 Å². The van der Waals surface area contributed by atoms with Crippen molar-refractivity contribution >= 4 is 45.7 Å². The van der Waals surface area contributed by atoms with Gasteiger partial charge in [0.05, 0.1) is 24.8 Å². The van der Waals surface area contributed by atoms with Gasteiger partial charge in [-0.15, -0.1) is 10.2 Å². The number of amides is 1. The first-order valence-electron chi connectivity index (χ1n) is 13.4. The molecular formula is C31H28FN3O5S2. The zero-order valence-corrected chi connectivity index (χ0v) is 24.6. The number of thioether (sulfide) groups is 1. The molecule has 1 N–H and O–H groups in total. The SMILES string of the molecule is CCCOc1ccc(C(O)=C2C(=O)C(=O)N(c3nnc(SCc4ccccc4F)s3)C2c2cccc(OCC)c2)cc1. The van der Waals surface area contributed by atoms with Crippen molar-refractivity contribution in [3.63, 3.8) is 0 Å². The van der Waals surface area contributed by atoms with Crippen LogP contribution in [0.1, 0.15) is 43.0 Å². The van der Waals surface area contributed by atoms with Gasteiger partial charge in [0.1, 0.15) is 23.1 Å². The molecule has 1 amide bonds. The number of aliphatic hydroxyl groups excluding tert-OH is 1. The van der Waals surface area contributed by atoms with E-state index in [-0.39, 0.29) is 22.3 Å². The number of Topliss-reactive ketones (excluding diaryl/α,β-unsaturated/α-hetero) is 1. The molecule has 216 valence electrons. The number of ether oxygens (including phenoxy) is 2. The first kappa shape index (κ1) is 29.3. The van der Waals surface area contributed by atoms with E-state index in [0.717, 1.165) is 17.8 Å². The van der Waals surface area contributed by atoms with E-state index in [2.05, 4.69) is 10.2 Å². The molecular weight excluding hydrogens is 577 g/mol. The summed E-state index contributed by atoms with van der Waals surface area (Å²) >= 11 is 2.39. The molecule has 0 spiro atoms. The molecule has 1 aromatic heterocycles. The van der Waals surface area contributed by atoms with Crippen molar-refractivity contribution in [1.29, 1.82) is 0 Å². The molecule has 5 rings (SSSR count). The molecule has 1 unspecified atom stereocenters. The minimum Gasteiger partial charge on any atom is -0.507 e. The second-order valence-electron chi connectivity index (χ2n) is 9.28. The van der Waals surface area contributed by atoms with Crippen LogP contribution in [0.5, 0.6) is 11.5 Å². The predicted octanol–water partition coefficient (Wildman–Crippen LogP) is 6.78. The van der Waals surface area contributed by atoms with Crippen molar-refractivity contribution in [3.8, 4) is 11.5 Å². The van der Waals surface area contributed by atoms with Gasteiger partial charge in [-0.3, -0.25) is 14.5 Å². The minimum absolute atomic E-state index is 0.0772. The van der Waals surface area contributed by atoms with Crippen molar-refractivity contribution in [2.75, 3.05) is 18.1 Å². The highest BCUT2D eigenvalue weighted by molar-refractivity contribution is 8.00. The van der Waals surface area contributed by atoms with Gasteiger partial charge >= 0.3 is 5.91 Å². The summed E-state index contributed by atoms with van der Waals surface area (Å²) in [5.41, 5.74) is 1.35. The molecule has 1 fully saturated rings. The predicted molar refractivity (Wildman–Crippen MR) is 160 cm³/mol. The van der Waals surface area contributed by atoms with Gasteiger partial charge in [-0.05, 0) is 66.9 Å². The van der Waals surface area contributed by atoms with Crippen molar-refractivity contribution < 1.29 is 28.6 Å². The van der Waals surface area contributed by atoms with Crippen molar-refractivity contribution in [2.24, 2.45) is 0 Å². The number of anilines is 1. The van der Waals surface area contributed by atoms with Crippen molar-refractivity contribution in [2.45, 2.75) is 36.4 Å². The number of carbonyl (C=O) groups excluding carboxylic acids is 2. The Balaban J connectivity index is 1.53. The number of ketones is 1. The summed E-state index contributed by atoms with van der Waals surface area (Å²) in [6, 6.07) is 19.2. The smallest absolute Gasteiger partial charge is 0.301 e. The second kappa shape index (κ2) is 13.2. The summed E-state index contributed by atoms with van der Waals surface area (Å²) in [6.45, 7) is 4.83. The quantitative estimate of drug-likeness (QED) is 0.0656. The van der Waals surface area contributed by atoms with E-state index in [1.165, 1.54) is 22.7 Å². The fraction of sp³-hybridized carbons (Fsp3) is 0.226. The van der Waals surface area contributed by atoms with Gasteiger partial charge in [-0.2, -0.15) is 0 Å². The molecule has 0 saturated carbocycles. The van der Waals surface area contributed by atoms with E-state index in [1.807, 2.05) is 13.8 Å². The van der Waals surface area contributed by atoms with Gasteiger partial charge in [-0.25, -0.2) is 4.39 Å². The monoisotopic (exact) mass is 605 g/mol. The number of hydrogen-bond donors (Lipinski definition) is 1. The lowest BCUT2D eigenvalue weighted by molar-refractivity contribution is -0.132. The van der Waals surface area contributed by atoms with Crippen LogP contribution < -0.4 is 14.4 Å². The zero-order valence-electron chi connectivity index (χ0n) is 23.0. The fourth-order valence-corrected chi connectivity index (χ4v) is 6.34. The van der Waals surface area contributed by atoms with E-state index < -0.39 is 17.7 Å². The Labute approximate surface area is 250 Å². The van der Waals surface area contributed by atoms with Gasteiger partial charge in [0.25, 0.3) is 5.78 Å². The lowest BCUT2D eigenvalue weighted by atomic mass is 9.95. The van der Waals surface area contributed by atoms with Crippen LogP contribution >= 0.6 is 23.1 Å². The third-order valence-corrected chi connectivity index (χ3v) is 8.55. The van der Waals surface area contributed by atoms with E-state index in [0.29, 0.717) is 51.5 Å². The van der Waals surface area contributed by atoms with Crippen molar-refractivity contribution in [1.82, 2.24) is 10.2 Å². The minimum atomic E-state index is -0.987. The molecule has 11 heteroatoms. The van der Waals surface area contributed by atoms with Crippen molar-refractivity contribution in [3.05, 3.63) is 101 Å². The Morgan fingerprint density at radius 1 is 1.00 bits per heavy atom. The summed E-state index contributed by atoms with van der Waals surface area (Å²) in [7, 11) is 0. The number of aliphatic hydroxyl groups is 1. The maximum absolute atomic E-state index is 14.1. The van der Waals surface area contributed by atoms with Crippen LogP contribution in [0.4, 0.5) is 9.52 Å². The van der Waals surface area contributed by atoms with E-state index in [4.69, 9.17) is 9.47 Å². The van der Waals surface area contributed by atoms with Crippen LogP contribution in [0.25, 0.3) is 5.76 Å². The molecule has 1 saturated heterocycles. The average molecular weight is 606 g/mol. The number of carbonyl (C=O) groups is 2. The van der Waals surface area contributed by atoms with Gasteiger partial charge in [0.15, 0.2) is 4.34 Å². The molecule has 0 aliphatic carbocycles. The van der Waals surface area contributed by atoms with Gasteiger partial charge in [-0.1, -0.05) is 60.4 Å². The normalized spacial score (nSPS) is 16.2. The van der Waals surface area contributed by atoms with Crippen LogP contribution in [0.2, 0.25) is 0 Å². The number of nitrogens with zero attached hydrogens (tertiary/aromatic N) is 3. The second-order valence-corrected chi connectivity index (χ2v) is 11.5. The molecule has 0 bridgehead atoms. The van der Waals surface area contributed by atoms with E-state index in [1.54, 1.807) is 66.7 Å². The summed E-state index contributed by atoms with van der Waals surface area (Å²) in [5, 5.41) is 20.0. The molecule has 4 aromatic rings. The number of halogens is 1. The highest BCUT2D eigenvalue weighted by atomic mass is 32.2. The average Bonchev–Trinajstić information content (AvgIpc) is 3.57. The highest BCUT2D eigenvalue weighted by Crippen LogP contribution is 2.44. The van der Waals surface area contributed by atoms with Crippen LogP contribution in [-0.4, -0.2) is 40.2 Å². The topological polar surface area (TPSA) is 102 Å². The fourth-order valence-electron chi connectivity index (χ4n) is 4.48. The summed E-state index contributed by atoms with van der Waals surface area (Å²) in [5.74, 6) is -0.824. The zero-order chi connectivity index (χ0) is 29.6. The molecule has 0 radical (unpaired) electrons. The summed E-state index contributed by atoms with van der Waals surface area (Å²) in [4.78, 5) is 28.3. The molecule has 3 aromatic carbocycles. The molecule has 2 heterocycles. The third kappa shape index (κ3) is 6.17. The van der Waals surface area contributed by atoms with Gasteiger partial charge in [0.2, 0.25) is 5.13 Å². The number of hydrogen-bond acceptors (Lipinski definition) is 9. The molecule has 1 aliphatic heterocycles. The molecule has 8 nitrogen and oxygen atoms in total. The Kier molecular flexibility index (Phi) is 9.19. The van der Waals surface area contributed by atoms with E-state index >= 15 is 0 Å². The first-order chi connectivity index (χ1) is 20.4. The summed E-state index contributed by atoms with van der Waals surface area (Å²) < 4.78 is 25.9. The largest absolute Gasteiger partial charge is 0.507 e. The van der Waals surface area contributed by atoms with Gasteiger partial charge < -0.3 is 14.6 Å². The Bertz CT molecular complexity index is 1620. The number of benzene rings is 3.